The van der Waals surface area contributed by atoms with E-state index in [9.17, 15) is 9.59 Å². The topological polar surface area (TPSA) is 97.0 Å². The Balaban J connectivity index is 1.79. The lowest BCUT2D eigenvalue weighted by Crippen LogP contribution is -2.14. The molecule has 8 heteroatoms. The fraction of sp³-hybridized carbons (Fsp3) is 0.467. The molecular formula is C15H18N4O3S. The third-order valence-electron chi connectivity index (χ3n) is 3.73. The summed E-state index contributed by atoms with van der Waals surface area (Å²) in [7, 11) is 0. The van der Waals surface area contributed by atoms with Gasteiger partial charge in [-0.3, -0.25) is 10.1 Å². The van der Waals surface area contributed by atoms with E-state index < -0.39 is 5.97 Å². The Kier molecular flexibility index (Phi) is 4.16. The predicted octanol–water partition coefficient (Wildman–Crippen LogP) is 2.79. The van der Waals surface area contributed by atoms with Gasteiger partial charge in [0.25, 0.3) is 5.91 Å². The minimum Gasteiger partial charge on any atom is -0.461 e. The van der Waals surface area contributed by atoms with E-state index in [0.29, 0.717) is 33.6 Å². The smallest absolute Gasteiger partial charge is 0.355 e. The molecule has 1 saturated carbocycles. The zero-order valence-corrected chi connectivity index (χ0v) is 14.0. The van der Waals surface area contributed by atoms with Crippen molar-refractivity contribution in [2.24, 2.45) is 0 Å². The maximum absolute atomic E-state index is 12.5. The average molecular weight is 334 g/mol. The second-order valence-electron chi connectivity index (χ2n) is 5.52. The Bertz CT molecular complexity index is 761. The van der Waals surface area contributed by atoms with Crippen molar-refractivity contribution in [3.05, 3.63) is 27.5 Å². The second kappa shape index (κ2) is 6.11. The highest BCUT2D eigenvalue weighted by Crippen LogP contribution is 2.42. The summed E-state index contributed by atoms with van der Waals surface area (Å²) in [6.45, 7) is 5.50. The van der Waals surface area contributed by atoms with Gasteiger partial charge in [0.2, 0.25) is 5.13 Å². The third kappa shape index (κ3) is 3.12. The Morgan fingerprint density at radius 1 is 1.35 bits per heavy atom. The van der Waals surface area contributed by atoms with Crippen LogP contribution in [-0.4, -0.2) is 33.7 Å². The normalized spacial score (nSPS) is 13.9. The molecule has 0 saturated heterocycles. The van der Waals surface area contributed by atoms with E-state index in [1.165, 1.54) is 11.3 Å². The van der Waals surface area contributed by atoms with Crippen molar-refractivity contribution in [2.75, 3.05) is 11.9 Å². The molecular weight excluding hydrogens is 316 g/mol. The fourth-order valence-electron chi connectivity index (χ4n) is 2.44. The van der Waals surface area contributed by atoms with E-state index in [2.05, 4.69) is 20.5 Å². The molecule has 0 aliphatic heterocycles. The molecule has 3 rings (SSSR count). The van der Waals surface area contributed by atoms with Gasteiger partial charge in [0.15, 0.2) is 0 Å². The summed E-state index contributed by atoms with van der Waals surface area (Å²) in [5.74, 6) is -0.256. The molecule has 2 heterocycles. The van der Waals surface area contributed by atoms with E-state index in [1.54, 1.807) is 20.8 Å². The molecule has 0 spiro atoms. The van der Waals surface area contributed by atoms with E-state index in [0.717, 1.165) is 17.8 Å². The number of aromatic amines is 1. The standard InChI is InChI=1S/C15H18N4O3S/c1-4-22-14(21)11-7(2)10(8(3)16-11)12(20)17-15-19-18-13(23-15)9-5-6-9/h9,16H,4-6H2,1-3H3,(H,17,19,20). The zero-order valence-electron chi connectivity index (χ0n) is 13.2. The van der Waals surface area contributed by atoms with Crippen molar-refractivity contribution in [3.8, 4) is 0 Å². The molecule has 0 radical (unpaired) electrons. The lowest BCUT2D eigenvalue weighted by molar-refractivity contribution is 0.0519. The highest BCUT2D eigenvalue weighted by atomic mass is 32.1. The largest absolute Gasteiger partial charge is 0.461 e. The van der Waals surface area contributed by atoms with Crippen LogP contribution in [0.4, 0.5) is 5.13 Å². The maximum atomic E-state index is 12.5. The predicted molar refractivity (Wildman–Crippen MR) is 86.1 cm³/mol. The summed E-state index contributed by atoms with van der Waals surface area (Å²) in [5, 5.41) is 12.3. The van der Waals surface area contributed by atoms with Gasteiger partial charge in [-0.25, -0.2) is 4.79 Å². The average Bonchev–Trinajstić information content (AvgIpc) is 3.17. The molecule has 1 amide bonds. The molecule has 1 fully saturated rings. The van der Waals surface area contributed by atoms with Crippen molar-refractivity contribution in [1.82, 2.24) is 15.2 Å². The van der Waals surface area contributed by atoms with Crippen LogP contribution in [-0.2, 0) is 4.74 Å². The van der Waals surface area contributed by atoms with Crippen LogP contribution in [0.25, 0.3) is 0 Å². The quantitative estimate of drug-likeness (QED) is 0.820. The number of hydrogen-bond donors (Lipinski definition) is 2. The van der Waals surface area contributed by atoms with E-state index in [-0.39, 0.29) is 12.5 Å². The Labute approximate surface area is 137 Å². The van der Waals surface area contributed by atoms with Crippen LogP contribution >= 0.6 is 11.3 Å². The molecule has 7 nitrogen and oxygen atoms in total. The summed E-state index contributed by atoms with van der Waals surface area (Å²) in [6, 6.07) is 0. The number of rotatable bonds is 5. The second-order valence-corrected chi connectivity index (χ2v) is 6.53. The monoisotopic (exact) mass is 334 g/mol. The number of hydrogen-bond acceptors (Lipinski definition) is 6. The highest BCUT2D eigenvalue weighted by molar-refractivity contribution is 7.15. The maximum Gasteiger partial charge on any atom is 0.355 e. The number of aryl methyl sites for hydroxylation is 1. The molecule has 2 aromatic rings. The number of nitrogens with one attached hydrogen (secondary N) is 2. The van der Waals surface area contributed by atoms with Gasteiger partial charge < -0.3 is 9.72 Å². The van der Waals surface area contributed by atoms with Gasteiger partial charge in [0, 0.05) is 11.6 Å². The first-order valence-corrected chi connectivity index (χ1v) is 8.34. The fourth-order valence-corrected chi connectivity index (χ4v) is 3.35. The van der Waals surface area contributed by atoms with Crippen molar-refractivity contribution < 1.29 is 14.3 Å². The Morgan fingerprint density at radius 2 is 2.09 bits per heavy atom. The lowest BCUT2D eigenvalue weighted by atomic mass is 10.1. The summed E-state index contributed by atoms with van der Waals surface area (Å²) >= 11 is 1.40. The first-order chi connectivity index (χ1) is 11.0. The number of amides is 1. The Morgan fingerprint density at radius 3 is 2.74 bits per heavy atom. The van der Waals surface area contributed by atoms with Crippen molar-refractivity contribution >= 4 is 28.3 Å². The minimum absolute atomic E-state index is 0.284. The molecule has 1 aliphatic rings. The number of anilines is 1. The van der Waals surface area contributed by atoms with Gasteiger partial charge in [-0.15, -0.1) is 10.2 Å². The molecule has 0 aromatic carbocycles. The first-order valence-electron chi connectivity index (χ1n) is 7.52. The number of H-pyrrole nitrogens is 1. The van der Waals surface area contributed by atoms with Crippen molar-refractivity contribution in [2.45, 2.75) is 39.5 Å². The molecule has 122 valence electrons. The number of aromatic nitrogens is 3. The molecule has 1 aliphatic carbocycles. The van der Waals surface area contributed by atoms with Crippen LogP contribution in [0.1, 0.15) is 62.8 Å². The van der Waals surface area contributed by atoms with E-state index >= 15 is 0 Å². The van der Waals surface area contributed by atoms with Crippen LogP contribution in [0, 0.1) is 13.8 Å². The van der Waals surface area contributed by atoms with Crippen LogP contribution in [0.15, 0.2) is 0 Å². The first kappa shape index (κ1) is 15.7. The summed E-state index contributed by atoms with van der Waals surface area (Å²) < 4.78 is 4.99. The summed E-state index contributed by atoms with van der Waals surface area (Å²) in [6.07, 6.45) is 2.28. The lowest BCUT2D eigenvalue weighted by Gasteiger charge is -2.03. The highest BCUT2D eigenvalue weighted by Gasteiger charge is 2.28. The van der Waals surface area contributed by atoms with Crippen LogP contribution in [0.2, 0.25) is 0 Å². The van der Waals surface area contributed by atoms with Gasteiger partial charge in [0.1, 0.15) is 10.7 Å². The van der Waals surface area contributed by atoms with Gasteiger partial charge in [0.05, 0.1) is 12.2 Å². The number of esters is 1. The van der Waals surface area contributed by atoms with E-state index in [1.807, 2.05) is 0 Å². The molecule has 2 aromatic heterocycles. The number of nitrogens with zero attached hydrogens (tertiary/aromatic N) is 2. The van der Waals surface area contributed by atoms with Gasteiger partial charge in [-0.05, 0) is 39.2 Å². The molecule has 0 atom stereocenters. The van der Waals surface area contributed by atoms with Crippen LogP contribution in [0.3, 0.4) is 0 Å². The zero-order chi connectivity index (χ0) is 16.6. The van der Waals surface area contributed by atoms with Crippen LogP contribution < -0.4 is 5.32 Å². The van der Waals surface area contributed by atoms with E-state index in [4.69, 9.17) is 4.74 Å². The van der Waals surface area contributed by atoms with Crippen molar-refractivity contribution in [1.29, 1.82) is 0 Å². The van der Waals surface area contributed by atoms with Crippen molar-refractivity contribution in [3.63, 3.8) is 0 Å². The molecule has 2 N–H and O–H groups in total. The third-order valence-corrected chi connectivity index (χ3v) is 4.73. The summed E-state index contributed by atoms with van der Waals surface area (Å²) in [4.78, 5) is 27.3. The minimum atomic E-state index is -0.459. The summed E-state index contributed by atoms with van der Waals surface area (Å²) in [5.41, 5.74) is 1.95. The molecule has 23 heavy (non-hydrogen) atoms. The SMILES string of the molecule is CCOC(=O)c1[nH]c(C)c(C(=O)Nc2nnc(C3CC3)s2)c1C. The van der Waals surface area contributed by atoms with Gasteiger partial charge in [-0.1, -0.05) is 11.3 Å². The molecule has 0 bridgehead atoms. The number of ether oxygens (including phenoxy) is 1. The van der Waals surface area contributed by atoms with Gasteiger partial charge in [-0.2, -0.15) is 0 Å². The number of carbonyl (C=O) groups is 2. The van der Waals surface area contributed by atoms with Crippen LogP contribution in [0.5, 0.6) is 0 Å². The van der Waals surface area contributed by atoms with Gasteiger partial charge >= 0.3 is 5.97 Å². The Hall–Kier alpha value is -2.22. The number of carbonyl (C=O) groups excluding carboxylic acids is 2. The molecule has 0 unspecified atom stereocenters.